The molecule has 0 aromatic rings. The van der Waals surface area contributed by atoms with Gasteiger partial charge in [-0.25, -0.2) is 0 Å². The normalized spacial score (nSPS) is 49.7. The molecule has 4 bridgehead atoms. The summed E-state index contributed by atoms with van der Waals surface area (Å²) in [7, 11) is 0. The van der Waals surface area contributed by atoms with E-state index < -0.39 is 0 Å². The molecule has 2 heteroatoms. The smallest absolute Gasteiger partial charge is 0.293 e. The fraction of sp³-hybridized carbons (Fsp3) is 0.929. The van der Waals surface area contributed by atoms with Crippen LogP contribution in [0.4, 0.5) is 0 Å². The molecule has 0 atom stereocenters. The molecule has 0 aliphatic heterocycles. The molecular formula is C14H22O2. The van der Waals surface area contributed by atoms with Crippen LogP contribution in [0.2, 0.25) is 0 Å². The maximum Gasteiger partial charge on any atom is 0.293 e. The Morgan fingerprint density at radius 2 is 1.56 bits per heavy atom. The molecule has 0 aromatic carbocycles. The summed E-state index contributed by atoms with van der Waals surface area (Å²) in [6, 6.07) is 0. The number of hydrogen-bond acceptors (Lipinski definition) is 2. The van der Waals surface area contributed by atoms with Gasteiger partial charge in [0.05, 0.1) is 0 Å². The molecule has 16 heavy (non-hydrogen) atoms. The van der Waals surface area contributed by atoms with Crippen LogP contribution < -0.4 is 0 Å². The maximum absolute atomic E-state index is 10.9. The van der Waals surface area contributed by atoms with Crippen LogP contribution in [-0.4, -0.2) is 12.1 Å². The van der Waals surface area contributed by atoms with Crippen molar-refractivity contribution in [3.8, 4) is 0 Å². The van der Waals surface area contributed by atoms with Crippen molar-refractivity contribution in [2.75, 3.05) is 0 Å². The average molecular weight is 222 g/mol. The molecule has 90 valence electrons. The van der Waals surface area contributed by atoms with Crippen LogP contribution in [0.5, 0.6) is 0 Å². The van der Waals surface area contributed by atoms with Crippen molar-refractivity contribution in [2.45, 2.75) is 51.6 Å². The Morgan fingerprint density at radius 3 is 1.94 bits per heavy atom. The summed E-state index contributed by atoms with van der Waals surface area (Å²) >= 11 is 0. The first-order valence-electron chi connectivity index (χ1n) is 6.78. The zero-order valence-electron chi connectivity index (χ0n) is 10.3. The molecule has 0 spiro atoms. The number of ether oxygens (including phenoxy) is 1. The molecule has 4 aliphatic rings. The Morgan fingerprint density at radius 1 is 1.06 bits per heavy atom. The minimum Gasteiger partial charge on any atom is -0.460 e. The number of hydrogen-bond donors (Lipinski definition) is 0. The van der Waals surface area contributed by atoms with Crippen molar-refractivity contribution in [3.05, 3.63) is 0 Å². The van der Waals surface area contributed by atoms with Crippen molar-refractivity contribution < 1.29 is 9.53 Å². The lowest BCUT2D eigenvalue weighted by atomic mass is 9.47. The van der Waals surface area contributed by atoms with E-state index in [4.69, 9.17) is 4.74 Å². The highest BCUT2D eigenvalue weighted by Gasteiger charge is 2.60. The van der Waals surface area contributed by atoms with E-state index in [1.54, 1.807) is 0 Å². The standard InChI is InChI=1S/C14H22O2/c1-9(2)14(16-8-15)12-4-10-3-11(6-12)7-13(14)5-10/h8-13H,3-7H2,1-2H3. The lowest BCUT2D eigenvalue weighted by Gasteiger charge is -2.61. The third kappa shape index (κ3) is 1.22. The van der Waals surface area contributed by atoms with Crippen LogP contribution in [0.3, 0.4) is 0 Å². The van der Waals surface area contributed by atoms with Crippen LogP contribution in [0, 0.1) is 29.6 Å². The van der Waals surface area contributed by atoms with Gasteiger partial charge in [0, 0.05) is 0 Å². The molecule has 0 amide bonds. The van der Waals surface area contributed by atoms with E-state index in [1.807, 2.05) is 0 Å². The predicted molar refractivity (Wildman–Crippen MR) is 61.8 cm³/mol. The van der Waals surface area contributed by atoms with Crippen molar-refractivity contribution in [1.82, 2.24) is 0 Å². The molecule has 0 saturated heterocycles. The SMILES string of the molecule is CC(C)C1(OC=O)C2CC3CC(C2)CC1C3. The first-order valence-corrected chi connectivity index (χ1v) is 6.78. The second kappa shape index (κ2) is 3.48. The molecule has 4 rings (SSSR count). The fourth-order valence-electron chi connectivity index (χ4n) is 5.28. The van der Waals surface area contributed by atoms with Crippen LogP contribution in [0.25, 0.3) is 0 Å². The minimum absolute atomic E-state index is 0.116. The molecular weight excluding hydrogens is 200 g/mol. The van der Waals surface area contributed by atoms with Gasteiger partial charge in [-0.05, 0) is 61.7 Å². The Kier molecular flexibility index (Phi) is 2.31. The van der Waals surface area contributed by atoms with Gasteiger partial charge in [0.2, 0.25) is 0 Å². The lowest BCUT2D eigenvalue weighted by Crippen LogP contribution is -2.61. The molecule has 4 aliphatic carbocycles. The highest BCUT2D eigenvalue weighted by molar-refractivity contribution is 5.39. The zero-order chi connectivity index (χ0) is 11.3. The summed E-state index contributed by atoms with van der Waals surface area (Å²) in [5.41, 5.74) is -0.116. The van der Waals surface area contributed by atoms with Gasteiger partial charge in [-0.3, -0.25) is 4.79 Å². The largest absolute Gasteiger partial charge is 0.460 e. The highest BCUT2D eigenvalue weighted by Crippen LogP contribution is 2.61. The first-order chi connectivity index (χ1) is 7.66. The third-order valence-electron chi connectivity index (χ3n) is 5.57. The molecule has 0 radical (unpaired) electrons. The van der Waals surface area contributed by atoms with Crippen LogP contribution in [-0.2, 0) is 9.53 Å². The Hall–Kier alpha value is -0.530. The van der Waals surface area contributed by atoms with E-state index in [-0.39, 0.29) is 5.60 Å². The van der Waals surface area contributed by atoms with Crippen LogP contribution in [0.15, 0.2) is 0 Å². The molecule has 0 aromatic heterocycles. The second-order valence-electron chi connectivity index (χ2n) is 6.53. The minimum atomic E-state index is -0.116. The van der Waals surface area contributed by atoms with Crippen molar-refractivity contribution in [2.24, 2.45) is 29.6 Å². The van der Waals surface area contributed by atoms with E-state index in [9.17, 15) is 4.79 Å². The van der Waals surface area contributed by atoms with E-state index >= 15 is 0 Å². The number of carbonyl (C=O) groups excluding carboxylic acids is 1. The maximum atomic E-state index is 10.9. The summed E-state index contributed by atoms with van der Waals surface area (Å²) in [5.74, 6) is 3.63. The summed E-state index contributed by atoms with van der Waals surface area (Å²) in [5, 5.41) is 0. The first kappa shape index (κ1) is 10.6. The van der Waals surface area contributed by atoms with E-state index in [2.05, 4.69) is 13.8 Å². The van der Waals surface area contributed by atoms with E-state index in [0.717, 1.165) is 11.8 Å². The molecule has 4 saturated carbocycles. The third-order valence-corrected chi connectivity index (χ3v) is 5.57. The Bertz CT molecular complexity index is 267. The molecule has 4 fully saturated rings. The average Bonchev–Trinajstić information content (AvgIpc) is 2.22. The second-order valence-corrected chi connectivity index (χ2v) is 6.53. The van der Waals surface area contributed by atoms with Crippen LogP contribution >= 0.6 is 0 Å². The van der Waals surface area contributed by atoms with Gasteiger partial charge < -0.3 is 4.74 Å². The lowest BCUT2D eigenvalue weighted by molar-refractivity contribution is -0.214. The quantitative estimate of drug-likeness (QED) is 0.686. The molecule has 0 heterocycles. The Labute approximate surface area is 97.7 Å². The van der Waals surface area contributed by atoms with Crippen molar-refractivity contribution in [1.29, 1.82) is 0 Å². The Balaban J connectivity index is 1.96. The zero-order valence-corrected chi connectivity index (χ0v) is 10.3. The van der Waals surface area contributed by atoms with Gasteiger partial charge in [-0.15, -0.1) is 0 Å². The van der Waals surface area contributed by atoms with Gasteiger partial charge in [0.15, 0.2) is 0 Å². The molecule has 2 nitrogen and oxygen atoms in total. The summed E-state index contributed by atoms with van der Waals surface area (Å²) in [4.78, 5) is 10.9. The summed E-state index contributed by atoms with van der Waals surface area (Å²) in [6.07, 6.45) is 6.67. The van der Waals surface area contributed by atoms with Gasteiger partial charge >= 0.3 is 0 Å². The molecule has 0 N–H and O–H groups in total. The monoisotopic (exact) mass is 222 g/mol. The fourth-order valence-corrected chi connectivity index (χ4v) is 5.28. The van der Waals surface area contributed by atoms with Gasteiger partial charge in [-0.2, -0.15) is 0 Å². The summed E-state index contributed by atoms with van der Waals surface area (Å²) < 4.78 is 5.69. The van der Waals surface area contributed by atoms with Crippen LogP contribution in [0.1, 0.15) is 46.0 Å². The molecule has 0 unspecified atom stereocenters. The summed E-state index contributed by atoms with van der Waals surface area (Å²) in [6.45, 7) is 5.17. The van der Waals surface area contributed by atoms with Gasteiger partial charge in [-0.1, -0.05) is 13.8 Å². The number of carbonyl (C=O) groups is 1. The van der Waals surface area contributed by atoms with Crippen molar-refractivity contribution >= 4 is 6.47 Å². The van der Waals surface area contributed by atoms with Crippen molar-refractivity contribution in [3.63, 3.8) is 0 Å². The predicted octanol–water partition coefficient (Wildman–Crippen LogP) is 3.01. The number of rotatable bonds is 3. The van der Waals surface area contributed by atoms with E-state index in [0.29, 0.717) is 24.2 Å². The van der Waals surface area contributed by atoms with Gasteiger partial charge in [0.1, 0.15) is 5.60 Å². The van der Waals surface area contributed by atoms with E-state index in [1.165, 1.54) is 32.1 Å². The highest BCUT2D eigenvalue weighted by atomic mass is 16.5. The topological polar surface area (TPSA) is 26.3 Å². The van der Waals surface area contributed by atoms with Gasteiger partial charge in [0.25, 0.3) is 6.47 Å².